The zero-order valence-electron chi connectivity index (χ0n) is 11.4. The summed E-state index contributed by atoms with van der Waals surface area (Å²) in [6.07, 6.45) is 2.17. The first-order chi connectivity index (χ1) is 9.08. The summed E-state index contributed by atoms with van der Waals surface area (Å²) in [6, 6.07) is 8.08. The Balaban J connectivity index is 1.88. The number of hydrogen-bond donors (Lipinski definition) is 1. The average Bonchev–Trinajstić information content (AvgIpc) is 2.40. The molecule has 0 aliphatic carbocycles. The van der Waals surface area contributed by atoms with Crippen molar-refractivity contribution < 1.29 is 8.78 Å². The minimum Gasteiger partial charge on any atom is -0.317 e. The van der Waals surface area contributed by atoms with Crippen molar-refractivity contribution in [3.05, 3.63) is 35.9 Å². The second-order valence-corrected chi connectivity index (χ2v) is 5.46. The molecule has 0 unspecified atom stereocenters. The van der Waals surface area contributed by atoms with Gasteiger partial charge < -0.3 is 5.32 Å². The number of benzene rings is 1. The van der Waals surface area contributed by atoms with Crippen LogP contribution in [0.15, 0.2) is 30.3 Å². The van der Waals surface area contributed by atoms with Crippen molar-refractivity contribution in [3.8, 4) is 0 Å². The Hall–Kier alpha value is -1.00. The van der Waals surface area contributed by atoms with Crippen molar-refractivity contribution in [1.82, 2.24) is 10.2 Å². The van der Waals surface area contributed by atoms with Gasteiger partial charge in [-0.3, -0.25) is 4.90 Å². The minimum atomic E-state index is -2.77. The van der Waals surface area contributed by atoms with Crippen molar-refractivity contribution in [2.24, 2.45) is 5.92 Å². The number of piperidine rings is 1. The lowest BCUT2D eigenvalue weighted by atomic mass is 9.97. The molecule has 1 N–H and O–H groups in total. The molecule has 1 fully saturated rings. The summed E-state index contributed by atoms with van der Waals surface area (Å²) in [6.45, 7) is 2.56. The number of alkyl halides is 2. The van der Waals surface area contributed by atoms with E-state index < -0.39 is 5.92 Å². The van der Waals surface area contributed by atoms with Crippen molar-refractivity contribution in [1.29, 1.82) is 0 Å². The Bertz CT molecular complexity index is 375. The van der Waals surface area contributed by atoms with Gasteiger partial charge in [-0.05, 0) is 38.9 Å². The molecule has 0 aromatic heterocycles. The maximum atomic E-state index is 14.1. The summed E-state index contributed by atoms with van der Waals surface area (Å²) in [4.78, 5) is 1.77. The van der Waals surface area contributed by atoms with Gasteiger partial charge in [0.2, 0.25) is 0 Å². The largest absolute Gasteiger partial charge is 0.317 e. The summed E-state index contributed by atoms with van der Waals surface area (Å²) >= 11 is 0. The molecule has 0 saturated carbocycles. The Morgan fingerprint density at radius 1 is 1.21 bits per heavy atom. The summed E-state index contributed by atoms with van der Waals surface area (Å²) in [5, 5.41) is 3.30. The van der Waals surface area contributed by atoms with E-state index in [0.29, 0.717) is 5.92 Å². The molecule has 2 nitrogen and oxygen atoms in total. The molecule has 0 amide bonds. The molecule has 0 radical (unpaired) electrons. The first kappa shape index (κ1) is 14.4. The van der Waals surface area contributed by atoms with Gasteiger partial charge in [-0.1, -0.05) is 30.3 Å². The topological polar surface area (TPSA) is 15.3 Å². The van der Waals surface area contributed by atoms with E-state index in [4.69, 9.17) is 0 Å². The highest BCUT2D eigenvalue weighted by molar-refractivity contribution is 5.20. The number of hydrogen-bond acceptors (Lipinski definition) is 2. The lowest BCUT2D eigenvalue weighted by Crippen LogP contribution is -2.38. The van der Waals surface area contributed by atoms with Crippen LogP contribution in [0.2, 0.25) is 0 Å². The number of nitrogens with zero attached hydrogens (tertiary/aromatic N) is 1. The van der Waals surface area contributed by atoms with Gasteiger partial charge in [-0.25, -0.2) is 0 Å². The Morgan fingerprint density at radius 2 is 1.84 bits per heavy atom. The lowest BCUT2D eigenvalue weighted by molar-refractivity contribution is -0.0354. The molecule has 0 bridgehead atoms. The minimum absolute atomic E-state index is 0.104. The molecule has 1 aliphatic rings. The van der Waals surface area contributed by atoms with Crippen molar-refractivity contribution >= 4 is 0 Å². The quantitative estimate of drug-likeness (QED) is 0.883. The first-order valence-electron chi connectivity index (χ1n) is 6.90. The fraction of sp³-hybridized carbons (Fsp3) is 0.600. The molecule has 106 valence electrons. The molecule has 0 spiro atoms. The van der Waals surface area contributed by atoms with Crippen molar-refractivity contribution in [3.63, 3.8) is 0 Å². The van der Waals surface area contributed by atoms with Crippen LogP contribution in [0.25, 0.3) is 0 Å². The Labute approximate surface area is 113 Å². The molecule has 2 rings (SSSR count). The van der Waals surface area contributed by atoms with Crippen LogP contribution < -0.4 is 5.32 Å². The van der Waals surface area contributed by atoms with E-state index in [9.17, 15) is 8.78 Å². The molecule has 1 aromatic rings. The van der Waals surface area contributed by atoms with E-state index >= 15 is 0 Å². The molecule has 0 atom stereocenters. The lowest BCUT2D eigenvalue weighted by Gasteiger charge is -2.30. The molecular weight excluding hydrogens is 246 g/mol. The highest BCUT2D eigenvalue weighted by Crippen LogP contribution is 2.28. The standard InChI is InChI=1S/C15H22F2N2/c1-19(11-13-7-9-18-10-8-13)12-15(16,17)14-5-3-2-4-6-14/h2-6,13,18H,7-12H2,1H3. The molecule has 1 saturated heterocycles. The SMILES string of the molecule is CN(CC1CCNCC1)CC(F)(F)c1ccccc1. The molecule has 1 heterocycles. The van der Waals surface area contributed by atoms with E-state index in [1.54, 1.807) is 30.1 Å². The normalized spacial score (nSPS) is 17.9. The number of nitrogens with one attached hydrogen (secondary N) is 1. The van der Waals surface area contributed by atoms with E-state index in [1.807, 2.05) is 0 Å². The zero-order chi connectivity index (χ0) is 13.7. The van der Waals surface area contributed by atoms with Crippen LogP contribution in [-0.4, -0.2) is 38.1 Å². The van der Waals surface area contributed by atoms with Crippen LogP contribution >= 0.6 is 0 Å². The number of likely N-dealkylation sites (N-methyl/N-ethyl adjacent to an activating group) is 1. The number of rotatable bonds is 5. The fourth-order valence-corrected chi connectivity index (χ4v) is 2.68. The third kappa shape index (κ3) is 4.25. The van der Waals surface area contributed by atoms with Gasteiger partial charge >= 0.3 is 0 Å². The molecule has 4 heteroatoms. The second kappa shape index (κ2) is 6.44. The molecular formula is C15H22F2N2. The van der Waals surface area contributed by atoms with Gasteiger partial charge in [0.05, 0.1) is 6.54 Å². The van der Waals surface area contributed by atoms with Gasteiger partial charge in [-0.15, -0.1) is 0 Å². The summed E-state index contributed by atoms with van der Waals surface area (Å²) < 4.78 is 28.2. The third-order valence-electron chi connectivity index (χ3n) is 3.69. The molecule has 1 aliphatic heterocycles. The van der Waals surface area contributed by atoms with Crippen LogP contribution in [0.1, 0.15) is 18.4 Å². The fourth-order valence-electron chi connectivity index (χ4n) is 2.68. The van der Waals surface area contributed by atoms with Gasteiger partial charge in [0.15, 0.2) is 0 Å². The zero-order valence-corrected chi connectivity index (χ0v) is 11.4. The Kier molecular flexibility index (Phi) is 4.88. The highest BCUT2D eigenvalue weighted by atomic mass is 19.3. The van der Waals surface area contributed by atoms with E-state index in [2.05, 4.69) is 5.32 Å². The summed E-state index contributed by atoms with van der Waals surface area (Å²) in [5.74, 6) is -2.24. The first-order valence-corrected chi connectivity index (χ1v) is 6.90. The Morgan fingerprint density at radius 3 is 2.47 bits per heavy atom. The molecule has 19 heavy (non-hydrogen) atoms. The monoisotopic (exact) mass is 268 g/mol. The van der Waals surface area contributed by atoms with Crippen LogP contribution in [0.3, 0.4) is 0 Å². The summed E-state index contributed by atoms with van der Waals surface area (Å²) in [5.41, 5.74) is 0.104. The van der Waals surface area contributed by atoms with Crippen LogP contribution in [0.5, 0.6) is 0 Å². The van der Waals surface area contributed by atoms with Crippen LogP contribution in [0.4, 0.5) is 8.78 Å². The van der Waals surface area contributed by atoms with E-state index in [-0.39, 0.29) is 12.1 Å². The van der Waals surface area contributed by atoms with Crippen LogP contribution in [-0.2, 0) is 5.92 Å². The predicted octanol–water partition coefficient (Wildman–Crippen LogP) is 2.71. The highest BCUT2D eigenvalue weighted by Gasteiger charge is 2.33. The number of halogens is 2. The van der Waals surface area contributed by atoms with Crippen LogP contribution in [0, 0.1) is 5.92 Å². The predicted molar refractivity (Wildman–Crippen MR) is 73.4 cm³/mol. The van der Waals surface area contributed by atoms with E-state index in [1.165, 1.54) is 12.1 Å². The summed E-state index contributed by atoms with van der Waals surface area (Å²) in [7, 11) is 1.79. The average molecular weight is 268 g/mol. The second-order valence-electron chi connectivity index (χ2n) is 5.46. The third-order valence-corrected chi connectivity index (χ3v) is 3.69. The van der Waals surface area contributed by atoms with Gasteiger partial charge in [-0.2, -0.15) is 8.78 Å². The van der Waals surface area contributed by atoms with Crippen molar-refractivity contribution in [2.75, 3.05) is 33.2 Å². The van der Waals surface area contributed by atoms with Gasteiger partial charge in [0.1, 0.15) is 0 Å². The smallest absolute Gasteiger partial charge is 0.285 e. The molecule has 1 aromatic carbocycles. The van der Waals surface area contributed by atoms with Gasteiger partial charge in [0.25, 0.3) is 5.92 Å². The van der Waals surface area contributed by atoms with Crippen molar-refractivity contribution in [2.45, 2.75) is 18.8 Å². The maximum absolute atomic E-state index is 14.1. The maximum Gasteiger partial charge on any atom is 0.285 e. The van der Waals surface area contributed by atoms with E-state index in [0.717, 1.165) is 32.5 Å². The van der Waals surface area contributed by atoms with Gasteiger partial charge in [0, 0.05) is 12.1 Å².